The lowest BCUT2D eigenvalue weighted by Gasteiger charge is -2.34. The van der Waals surface area contributed by atoms with Crippen LogP contribution >= 0.6 is 11.6 Å². The van der Waals surface area contributed by atoms with Gasteiger partial charge in [-0.15, -0.1) is 11.6 Å². The summed E-state index contributed by atoms with van der Waals surface area (Å²) in [5.74, 6) is 0.237. The number of benzene rings is 1. The van der Waals surface area contributed by atoms with Gasteiger partial charge in [-0.05, 0) is 18.2 Å². The fraction of sp³-hybridized carbons (Fsp3) is 0.375. The van der Waals surface area contributed by atoms with E-state index in [-0.39, 0.29) is 5.75 Å². The summed E-state index contributed by atoms with van der Waals surface area (Å²) in [4.78, 5) is -2.61. The van der Waals surface area contributed by atoms with Crippen molar-refractivity contribution >= 4 is 11.6 Å². The van der Waals surface area contributed by atoms with Gasteiger partial charge in [-0.25, -0.2) is 0 Å². The maximum atomic E-state index is 13.3. The molecule has 1 aliphatic rings. The van der Waals surface area contributed by atoms with E-state index in [1.807, 2.05) is 0 Å². The van der Waals surface area contributed by atoms with Crippen LogP contribution < -0.4 is 4.74 Å². The molecule has 126 valence electrons. The Labute approximate surface area is 137 Å². The van der Waals surface area contributed by atoms with Gasteiger partial charge in [0.15, 0.2) is 11.2 Å². The molecule has 0 aromatic heterocycles. The van der Waals surface area contributed by atoms with Gasteiger partial charge < -0.3 is 14.2 Å². The standard InChI is InChI=1S/C16H16ClF3O3/c1-21-14(22-2)11-6-5-7-12(10-11)23-13-8-3-4-9-15(13,17)16(18,19)20/h3-10,13-14H,1-2H3. The average molecular weight is 349 g/mol. The lowest BCUT2D eigenvalue weighted by atomic mass is 9.95. The first-order valence-electron chi connectivity index (χ1n) is 6.75. The summed E-state index contributed by atoms with van der Waals surface area (Å²) in [5.41, 5.74) is 0.620. The summed E-state index contributed by atoms with van der Waals surface area (Å²) in [6, 6.07) is 6.46. The van der Waals surface area contributed by atoms with E-state index in [2.05, 4.69) is 0 Å². The van der Waals surface area contributed by atoms with E-state index in [4.69, 9.17) is 25.8 Å². The SMILES string of the molecule is COC(OC)c1cccc(OC2C=CC=CC2(Cl)C(F)(F)F)c1. The summed E-state index contributed by atoms with van der Waals surface area (Å²) in [6.07, 6.45) is -1.79. The van der Waals surface area contributed by atoms with Crippen molar-refractivity contribution < 1.29 is 27.4 Å². The molecule has 2 atom stereocenters. The Kier molecular flexibility index (Phi) is 5.39. The Morgan fingerprint density at radius 1 is 1.17 bits per heavy atom. The van der Waals surface area contributed by atoms with Crippen molar-refractivity contribution in [1.82, 2.24) is 0 Å². The van der Waals surface area contributed by atoms with Crippen LogP contribution in [-0.4, -0.2) is 31.4 Å². The number of allylic oxidation sites excluding steroid dienone is 2. The summed E-state index contributed by atoms with van der Waals surface area (Å²) >= 11 is 5.79. The molecule has 2 unspecified atom stereocenters. The number of hydrogen-bond acceptors (Lipinski definition) is 3. The van der Waals surface area contributed by atoms with Gasteiger partial charge in [0.05, 0.1) is 0 Å². The third kappa shape index (κ3) is 3.71. The molecular weight excluding hydrogens is 333 g/mol. The second-order valence-electron chi connectivity index (χ2n) is 4.92. The van der Waals surface area contributed by atoms with E-state index < -0.39 is 23.4 Å². The summed E-state index contributed by atoms with van der Waals surface area (Å²) in [6.45, 7) is 0. The first-order valence-corrected chi connectivity index (χ1v) is 7.13. The highest BCUT2D eigenvalue weighted by Gasteiger charge is 2.58. The zero-order chi connectivity index (χ0) is 17.1. The Balaban J connectivity index is 2.26. The number of alkyl halides is 4. The van der Waals surface area contributed by atoms with Crippen molar-refractivity contribution in [3.05, 3.63) is 54.1 Å². The van der Waals surface area contributed by atoms with Crippen LogP contribution in [0.2, 0.25) is 0 Å². The van der Waals surface area contributed by atoms with Gasteiger partial charge in [0.25, 0.3) is 0 Å². The molecular formula is C16H16ClF3O3. The normalized spacial score (nSPS) is 24.2. The quantitative estimate of drug-likeness (QED) is 0.583. The molecule has 0 bridgehead atoms. The van der Waals surface area contributed by atoms with Gasteiger partial charge in [-0.2, -0.15) is 13.2 Å². The lowest BCUT2D eigenvalue weighted by Crippen LogP contribution is -2.50. The molecule has 0 spiro atoms. The smallest absolute Gasteiger partial charge is 0.415 e. The number of methoxy groups -OCH3 is 2. The van der Waals surface area contributed by atoms with Crippen LogP contribution in [0.5, 0.6) is 5.75 Å². The minimum Gasteiger partial charge on any atom is -0.484 e. The average Bonchev–Trinajstić information content (AvgIpc) is 2.50. The molecule has 0 aliphatic heterocycles. The van der Waals surface area contributed by atoms with Crippen LogP contribution in [0.15, 0.2) is 48.6 Å². The maximum Gasteiger partial charge on any atom is 0.415 e. The van der Waals surface area contributed by atoms with Crippen LogP contribution in [0.1, 0.15) is 11.9 Å². The fourth-order valence-corrected chi connectivity index (χ4v) is 2.42. The summed E-state index contributed by atoms with van der Waals surface area (Å²) < 4.78 is 55.5. The number of halogens is 4. The van der Waals surface area contributed by atoms with Gasteiger partial charge in [-0.3, -0.25) is 0 Å². The highest BCUT2D eigenvalue weighted by molar-refractivity contribution is 6.26. The van der Waals surface area contributed by atoms with E-state index in [9.17, 15) is 13.2 Å². The van der Waals surface area contributed by atoms with Gasteiger partial charge in [0.1, 0.15) is 11.9 Å². The third-order valence-electron chi connectivity index (χ3n) is 3.41. The number of rotatable bonds is 5. The van der Waals surface area contributed by atoms with Crippen molar-refractivity contribution in [2.24, 2.45) is 0 Å². The molecule has 2 rings (SSSR count). The second-order valence-corrected chi connectivity index (χ2v) is 5.55. The molecule has 1 aromatic carbocycles. The maximum absolute atomic E-state index is 13.3. The van der Waals surface area contributed by atoms with E-state index in [0.29, 0.717) is 5.56 Å². The van der Waals surface area contributed by atoms with Crippen molar-refractivity contribution in [1.29, 1.82) is 0 Å². The van der Waals surface area contributed by atoms with Crippen LogP contribution in [0.4, 0.5) is 13.2 Å². The van der Waals surface area contributed by atoms with E-state index in [1.54, 1.807) is 24.3 Å². The Bertz CT molecular complexity index is 596. The Morgan fingerprint density at radius 2 is 1.87 bits per heavy atom. The van der Waals surface area contributed by atoms with E-state index in [1.165, 1.54) is 32.4 Å². The first-order chi connectivity index (χ1) is 10.8. The third-order valence-corrected chi connectivity index (χ3v) is 3.96. The van der Waals surface area contributed by atoms with Crippen LogP contribution in [0.3, 0.4) is 0 Å². The van der Waals surface area contributed by atoms with Crippen molar-refractivity contribution in [2.45, 2.75) is 23.4 Å². The molecule has 0 amide bonds. The Hall–Kier alpha value is -1.50. The zero-order valence-electron chi connectivity index (χ0n) is 12.5. The molecule has 0 fully saturated rings. The van der Waals surface area contributed by atoms with Crippen LogP contribution in [0.25, 0.3) is 0 Å². The Morgan fingerprint density at radius 3 is 2.48 bits per heavy atom. The molecule has 0 N–H and O–H groups in total. The molecule has 3 nitrogen and oxygen atoms in total. The topological polar surface area (TPSA) is 27.7 Å². The van der Waals surface area contributed by atoms with Crippen LogP contribution in [-0.2, 0) is 9.47 Å². The van der Waals surface area contributed by atoms with Gasteiger partial charge in [0, 0.05) is 19.8 Å². The molecule has 23 heavy (non-hydrogen) atoms. The molecule has 1 aliphatic carbocycles. The molecule has 0 heterocycles. The monoisotopic (exact) mass is 348 g/mol. The molecule has 0 saturated carbocycles. The summed E-state index contributed by atoms with van der Waals surface area (Å²) in [7, 11) is 2.92. The highest BCUT2D eigenvalue weighted by atomic mass is 35.5. The predicted molar refractivity (Wildman–Crippen MR) is 80.5 cm³/mol. The fourth-order valence-electron chi connectivity index (χ4n) is 2.23. The van der Waals surface area contributed by atoms with Gasteiger partial charge in [0.2, 0.25) is 0 Å². The largest absolute Gasteiger partial charge is 0.484 e. The highest BCUT2D eigenvalue weighted by Crippen LogP contribution is 2.43. The van der Waals surface area contributed by atoms with Gasteiger partial charge in [-0.1, -0.05) is 30.4 Å². The lowest BCUT2D eigenvalue weighted by molar-refractivity contribution is -0.164. The number of hydrogen-bond donors (Lipinski definition) is 0. The van der Waals surface area contributed by atoms with Crippen molar-refractivity contribution in [2.75, 3.05) is 14.2 Å². The van der Waals surface area contributed by atoms with E-state index >= 15 is 0 Å². The van der Waals surface area contributed by atoms with Gasteiger partial charge >= 0.3 is 6.18 Å². The predicted octanol–water partition coefficient (Wildman–Crippen LogP) is 4.39. The van der Waals surface area contributed by atoms with Crippen molar-refractivity contribution in [3.8, 4) is 5.75 Å². The van der Waals surface area contributed by atoms with Crippen molar-refractivity contribution in [3.63, 3.8) is 0 Å². The second kappa shape index (κ2) is 6.95. The molecule has 7 heteroatoms. The summed E-state index contributed by atoms with van der Waals surface area (Å²) in [5, 5.41) is 0. The minimum absolute atomic E-state index is 0.237. The zero-order valence-corrected chi connectivity index (χ0v) is 13.3. The van der Waals surface area contributed by atoms with E-state index in [0.717, 1.165) is 6.08 Å². The van der Waals surface area contributed by atoms with Crippen LogP contribution in [0, 0.1) is 0 Å². The minimum atomic E-state index is -4.65. The first kappa shape index (κ1) is 17.8. The molecule has 1 aromatic rings. The molecule has 0 saturated heterocycles. The number of ether oxygens (including phenoxy) is 3. The molecule has 0 radical (unpaired) electrons.